The maximum Gasteiger partial charge on any atom is 0.223 e. The molecule has 17 heavy (non-hydrogen) atoms. The Labute approximate surface area is 120 Å². The van der Waals surface area contributed by atoms with Crippen molar-refractivity contribution >= 4 is 43.5 Å². The fraction of sp³-hybridized carbons (Fsp3) is 0.0909. The van der Waals surface area contributed by atoms with E-state index in [9.17, 15) is 0 Å². The van der Waals surface area contributed by atoms with Crippen LogP contribution in [0.15, 0.2) is 39.7 Å². The Balaban J connectivity index is 2.29. The number of aromatic nitrogens is 2. The molecule has 0 aliphatic rings. The first kappa shape index (κ1) is 12.8. The number of pyridine rings is 2. The minimum atomic E-state index is 0.337. The van der Waals surface area contributed by atoms with Gasteiger partial charge in [0.2, 0.25) is 5.88 Å². The largest absolute Gasteiger partial charge is 0.437 e. The molecule has 0 saturated carbocycles. The molecule has 0 saturated heterocycles. The molecule has 0 atom stereocenters. The summed E-state index contributed by atoms with van der Waals surface area (Å²) in [6.45, 7) is 0. The summed E-state index contributed by atoms with van der Waals surface area (Å²) in [5.41, 5.74) is 0.820. The number of hydrogen-bond donors (Lipinski definition) is 0. The van der Waals surface area contributed by atoms with Crippen molar-refractivity contribution in [2.24, 2.45) is 0 Å². The molecule has 3 nitrogen and oxygen atoms in total. The zero-order chi connectivity index (χ0) is 12.3. The van der Waals surface area contributed by atoms with E-state index >= 15 is 0 Å². The summed E-state index contributed by atoms with van der Waals surface area (Å²) in [6, 6.07) is 3.69. The summed E-state index contributed by atoms with van der Waals surface area (Å²) in [4.78, 5) is 8.19. The van der Waals surface area contributed by atoms with Gasteiger partial charge in [0, 0.05) is 26.9 Å². The van der Waals surface area contributed by atoms with E-state index < -0.39 is 0 Å². The second-order valence-corrected chi connectivity index (χ2v) is 5.29. The predicted octanol–water partition coefficient (Wildman–Crippen LogP) is 4.53. The molecule has 0 fully saturated rings. The van der Waals surface area contributed by atoms with Crippen molar-refractivity contribution in [3.05, 3.63) is 45.2 Å². The lowest BCUT2D eigenvalue weighted by atomic mass is 10.3. The van der Waals surface area contributed by atoms with Crippen molar-refractivity contribution in [2.75, 3.05) is 0 Å². The molecule has 2 aromatic rings. The van der Waals surface area contributed by atoms with Crippen LogP contribution in [0.5, 0.6) is 11.6 Å². The van der Waals surface area contributed by atoms with Gasteiger partial charge < -0.3 is 4.74 Å². The van der Waals surface area contributed by atoms with Crippen LogP contribution in [0.4, 0.5) is 0 Å². The second kappa shape index (κ2) is 5.80. The number of rotatable bonds is 3. The van der Waals surface area contributed by atoms with Crippen LogP contribution < -0.4 is 4.74 Å². The average Bonchev–Trinajstić information content (AvgIpc) is 2.31. The standard InChI is InChI=1S/C11H7Br2ClN2O/c12-8-1-7(3-14)11(16-5-8)17-10-2-9(13)4-15-6-10/h1-2,4-6H,3H2. The van der Waals surface area contributed by atoms with Gasteiger partial charge in [0.1, 0.15) is 5.75 Å². The minimum absolute atomic E-state index is 0.337. The van der Waals surface area contributed by atoms with Gasteiger partial charge in [-0.25, -0.2) is 4.98 Å². The summed E-state index contributed by atoms with van der Waals surface area (Å²) >= 11 is 12.5. The maximum absolute atomic E-state index is 5.84. The quantitative estimate of drug-likeness (QED) is 0.736. The van der Waals surface area contributed by atoms with Gasteiger partial charge in [-0.2, -0.15) is 0 Å². The number of ether oxygens (including phenoxy) is 1. The highest BCUT2D eigenvalue weighted by Crippen LogP contribution is 2.27. The molecule has 0 amide bonds. The van der Waals surface area contributed by atoms with E-state index in [0.29, 0.717) is 17.5 Å². The number of hydrogen-bond acceptors (Lipinski definition) is 3. The van der Waals surface area contributed by atoms with Crippen LogP contribution in [0.3, 0.4) is 0 Å². The van der Waals surface area contributed by atoms with E-state index in [2.05, 4.69) is 41.8 Å². The van der Waals surface area contributed by atoms with Gasteiger partial charge in [-0.15, -0.1) is 11.6 Å². The van der Waals surface area contributed by atoms with E-state index in [1.165, 1.54) is 0 Å². The number of alkyl halides is 1. The van der Waals surface area contributed by atoms with Gasteiger partial charge in [-0.1, -0.05) is 0 Å². The lowest BCUT2D eigenvalue weighted by Gasteiger charge is -2.08. The topological polar surface area (TPSA) is 35.0 Å². The Morgan fingerprint density at radius 2 is 1.88 bits per heavy atom. The molecule has 0 aliphatic heterocycles. The molecule has 2 aromatic heterocycles. The van der Waals surface area contributed by atoms with Crippen LogP contribution in [0, 0.1) is 0 Å². The van der Waals surface area contributed by atoms with Gasteiger partial charge in [0.05, 0.1) is 12.1 Å². The Morgan fingerprint density at radius 3 is 2.59 bits per heavy atom. The van der Waals surface area contributed by atoms with E-state index in [-0.39, 0.29) is 0 Å². The lowest BCUT2D eigenvalue weighted by Crippen LogP contribution is -1.93. The van der Waals surface area contributed by atoms with Crippen LogP contribution in [-0.4, -0.2) is 9.97 Å². The van der Waals surface area contributed by atoms with Crippen molar-refractivity contribution in [3.63, 3.8) is 0 Å². The first-order chi connectivity index (χ1) is 8.19. The summed E-state index contributed by atoms with van der Waals surface area (Å²) in [6.07, 6.45) is 4.97. The molecular formula is C11H7Br2ClN2O. The fourth-order valence-corrected chi connectivity index (χ4v) is 2.13. The first-order valence-corrected chi connectivity index (χ1v) is 6.80. The van der Waals surface area contributed by atoms with E-state index in [1.807, 2.05) is 12.1 Å². The van der Waals surface area contributed by atoms with Crippen LogP contribution in [-0.2, 0) is 5.88 Å². The highest BCUT2D eigenvalue weighted by molar-refractivity contribution is 9.10. The molecule has 0 unspecified atom stereocenters. The summed E-state index contributed by atoms with van der Waals surface area (Å²) in [7, 11) is 0. The third kappa shape index (κ3) is 3.40. The number of halogens is 3. The summed E-state index contributed by atoms with van der Waals surface area (Å²) in [5, 5.41) is 0. The van der Waals surface area contributed by atoms with E-state index in [1.54, 1.807) is 18.6 Å². The zero-order valence-corrected chi connectivity index (χ0v) is 12.5. The molecule has 0 aliphatic carbocycles. The van der Waals surface area contributed by atoms with Crippen molar-refractivity contribution in [1.82, 2.24) is 9.97 Å². The molecule has 0 N–H and O–H groups in total. The summed E-state index contributed by atoms with van der Waals surface area (Å²) in [5.74, 6) is 1.44. The highest BCUT2D eigenvalue weighted by Gasteiger charge is 2.07. The van der Waals surface area contributed by atoms with Gasteiger partial charge in [0.25, 0.3) is 0 Å². The zero-order valence-electron chi connectivity index (χ0n) is 8.53. The molecule has 88 valence electrons. The highest BCUT2D eigenvalue weighted by atomic mass is 79.9. The second-order valence-electron chi connectivity index (χ2n) is 3.19. The van der Waals surface area contributed by atoms with Crippen molar-refractivity contribution in [3.8, 4) is 11.6 Å². The molecule has 0 aromatic carbocycles. The molecule has 0 radical (unpaired) electrons. The summed E-state index contributed by atoms with van der Waals surface area (Å²) < 4.78 is 7.34. The van der Waals surface area contributed by atoms with Crippen molar-refractivity contribution < 1.29 is 4.74 Å². The van der Waals surface area contributed by atoms with Crippen LogP contribution in [0.2, 0.25) is 0 Å². The number of nitrogens with zero attached hydrogens (tertiary/aromatic N) is 2. The Hall–Kier alpha value is -0.650. The maximum atomic E-state index is 5.84. The Morgan fingerprint density at radius 1 is 1.12 bits per heavy atom. The molecule has 2 heterocycles. The smallest absolute Gasteiger partial charge is 0.223 e. The van der Waals surface area contributed by atoms with Crippen LogP contribution >= 0.6 is 43.5 Å². The Kier molecular flexibility index (Phi) is 4.36. The van der Waals surface area contributed by atoms with Crippen molar-refractivity contribution in [1.29, 1.82) is 0 Å². The average molecular weight is 378 g/mol. The Bertz CT molecular complexity index is 537. The molecule has 0 bridgehead atoms. The van der Waals surface area contributed by atoms with Crippen molar-refractivity contribution in [2.45, 2.75) is 5.88 Å². The van der Waals surface area contributed by atoms with Gasteiger partial charge in [-0.3, -0.25) is 4.98 Å². The molecule has 2 rings (SSSR count). The minimum Gasteiger partial charge on any atom is -0.437 e. The lowest BCUT2D eigenvalue weighted by molar-refractivity contribution is 0.455. The SMILES string of the molecule is ClCc1cc(Br)cnc1Oc1cncc(Br)c1. The molecular weight excluding hydrogens is 371 g/mol. The van der Waals surface area contributed by atoms with Gasteiger partial charge >= 0.3 is 0 Å². The van der Waals surface area contributed by atoms with E-state index in [0.717, 1.165) is 14.5 Å². The fourth-order valence-electron chi connectivity index (χ4n) is 1.22. The van der Waals surface area contributed by atoms with E-state index in [4.69, 9.17) is 16.3 Å². The van der Waals surface area contributed by atoms with Crippen LogP contribution in [0.25, 0.3) is 0 Å². The van der Waals surface area contributed by atoms with Gasteiger partial charge in [-0.05, 0) is 44.0 Å². The monoisotopic (exact) mass is 376 g/mol. The predicted molar refractivity (Wildman–Crippen MR) is 73.5 cm³/mol. The third-order valence-electron chi connectivity index (χ3n) is 1.93. The molecule has 6 heteroatoms. The first-order valence-electron chi connectivity index (χ1n) is 4.68. The van der Waals surface area contributed by atoms with Gasteiger partial charge in [0.15, 0.2) is 0 Å². The van der Waals surface area contributed by atoms with Crippen LogP contribution in [0.1, 0.15) is 5.56 Å². The molecule has 0 spiro atoms. The normalized spacial score (nSPS) is 10.3. The third-order valence-corrected chi connectivity index (χ3v) is 3.09.